The van der Waals surface area contributed by atoms with Crippen LogP contribution in [-0.4, -0.2) is 57.1 Å². The number of nitrogen functional groups attached to an aromatic ring is 1. The normalized spacial score (nSPS) is 18.3. The van der Waals surface area contributed by atoms with E-state index in [2.05, 4.69) is 44.8 Å². The fourth-order valence-corrected chi connectivity index (χ4v) is 8.88. The van der Waals surface area contributed by atoms with Crippen molar-refractivity contribution in [2.24, 2.45) is 0 Å². The van der Waals surface area contributed by atoms with Crippen LogP contribution in [0, 0.1) is 0 Å². The van der Waals surface area contributed by atoms with Gasteiger partial charge in [0.1, 0.15) is 0 Å². The van der Waals surface area contributed by atoms with Crippen molar-refractivity contribution in [3.63, 3.8) is 0 Å². The number of rotatable bonds is 17. The minimum absolute atomic E-state index is 0.00976. The Labute approximate surface area is 368 Å². The van der Waals surface area contributed by atoms with Gasteiger partial charge in [0, 0.05) is 57.0 Å². The Kier molecular flexibility index (Phi) is 14.4. The van der Waals surface area contributed by atoms with Gasteiger partial charge in [0.2, 0.25) is 11.8 Å². The Balaban J connectivity index is 0.852. The monoisotopic (exact) mass is 850 g/mol. The molecule has 0 saturated carbocycles. The summed E-state index contributed by atoms with van der Waals surface area (Å²) in [5.74, 6) is -0.0448. The second-order valence-corrected chi connectivity index (χ2v) is 16.9. The predicted octanol–water partition coefficient (Wildman–Crippen LogP) is 8.55. The second kappa shape index (κ2) is 20.9. The van der Waals surface area contributed by atoms with Gasteiger partial charge in [-0.3, -0.25) is 14.2 Å². The van der Waals surface area contributed by atoms with Crippen LogP contribution in [0.5, 0.6) is 0 Å². The maximum atomic E-state index is 12.9. The number of nitrogens with one attached hydrogen (secondary N) is 3. The molecule has 6 aromatic rings. The number of unbranched alkanes of at least 4 members (excludes halogenated alkanes) is 3. The van der Waals surface area contributed by atoms with Crippen LogP contribution < -0.4 is 22.1 Å². The van der Waals surface area contributed by atoms with Crippen molar-refractivity contribution in [1.82, 2.24) is 19.8 Å². The first kappa shape index (κ1) is 43.6. The number of fused-ring (bicyclic) bond motifs is 1. The summed E-state index contributed by atoms with van der Waals surface area (Å²) in [4.78, 5) is 43.4. The van der Waals surface area contributed by atoms with Gasteiger partial charge in [-0.15, -0.1) is 0 Å². The largest absolute Gasteiger partial charge is 0.397 e. The zero-order chi connectivity index (χ0) is 43.5. The van der Waals surface area contributed by atoms with Crippen LogP contribution in [0.3, 0.4) is 0 Å². The van der Waals surface area contributed by atoms with E-state index in [0.29, 0.717) is 37.2 Å². The number of hydrogen-bond acceptors (Lipinski definition) is 8. The van der Waals surface area contributed by atoms with E-state index in [1.807, 2.05) is 89.5 Å². The SMILES string of the molecule is Nc1ccccc1NC(=O)CCCCCCC(=O)NCc1cccc(-c2cccc([C@H]3O[C@@H](CN4CCC(n5c(=O)[nH]c6ccccc65)CC4)C[C@@H](c4ccc(CO)cc4)O3)c2)c1. The molecule has 0 unspecified atom stereocenters. The summed E-state index contributed by atoms with van der Waals surface area (Å²) in [5, 5.41) is 15.6. The Morgan fingerprint density at radius 3 is 2.24 bits per heavy atom. The van der Waals surface area contributed by atoms with Crippen molar-refractivity contribution >= 4 is 34.2 Å². The van der Waals surface area contributed by atoms with E-state index in [1.54, 1.807) is 12.1 Å². The smallest absolute Gasteiger partial charge is 0.326 e. The summed E-state index contributed by atoms with van der Waals surface area (Å²) >= 11 is 0. The van der Waals surface area contributed by atoms with Crippen molar-refractivity contribution < 1.29 is 24.2 Å². The highest BCUT2D eigenvalue weighted by atomic mass is 16.7. The van der Waals surface area contributed by atoms with E-state index < -0.39 is 6.29 Å². The van der Waals surface area contributed by atoms with Crippen LogP contribution in [0.2, 0.25) is 0 Å². The van der Waals surface area contributed by atoms with Gasteiger partial charge in [-0.1, -0.05) is 97.8 Å². The van der Waals surface area contributed by atoms with Crippen LogP contribution >= 0.6 is 0 Å². The molecule has 0 spiro atoms. The van der Waals surface area contributed by atoms with Crippen molar-refractivity contribution in [1.29, 1.82) is 0 Å². The highest BCUT2D eigenvalue weighted by molar-refractivity contribution is 5.93. The molecule has 12 heteroatoms. The molecule has 8 rings (SSSR count). The minimum atomic E-state index is -0.596. The van der Waals surface area contributed by atoms with Gasteiger partial charge < -0.3 is 40.8 Å². The third-order valence-electron chi connectivity index (χ3n) is 12.3. The number of anilines is 2. The third-order valence-corrected chi connectivity index (χ3v) is 12.3. The summed E-state index contributed by atoms with van der Waals surface area (Å²) in [6.07, 6.45) is 5.67. The Morgan fingerprint density at radius 1 is 0.746 bits per heavy atom. The molecule has 0 bridgehead atoms. The summed E-state index contributed by atoms with van der Waals surface area (Å²) in [5.41, 5.74) is 14.8. The molecular formula is C51H58N6O6. The molecular weight excluding hydrogens is 793 g/mol. The van der Waals surface area contributed by atoms with E-state index in [1.165, 1.54) is 0 Å². The van der Waals surface area contributed by atoms with Crippen LogP contribution in [0.25, 0.3) is 22.2 Å². The van der Waals surface area contributed by atoms with Gasteiger partial charge >= 0.3 is 5.69 Å². The number of aliphatic hydroxyl groups excluding tert-OH is 1. The number of piperidine rings is 1. The van der Waals surface area contributed by atoms with E-state index in [4.69, 9.17) is 15.2 Å². The van der Waals surface area contributed by atoms with Gasteiger partial charge in [0.15, 0.2) is 6.29 Å². The zero-order valence-electron chi connectivity index (χ0n) is 35.7. The number of hydrogen-bond donors (Lipinski definition) is 5. The molecule has 2 aliphatic heterocycles. The first-order valence-corrected chi connectivity index (χ1v) is 22.3. The van der Waals surface area contributed by atoms with Crippen molar-refractivity contribution in [3.05, 3.63) is 154 Å². The number of imidazole rings is 1. The molecule has 0 aliphatic carbocycles. The number of nitrogens with zero attached hydrogens (tertiary/aromatic N) is 2. The summed E-state index contributed by atoms with van der Waals surface area (Å²) in [6, 6.07) is 39.7. The number of aromatic amines is 1. The highest BCUT2D eigenvalue weighted by Crippen LogP contribution is 2.39. The third kappa shape index (κ3) is 11.3. The molecule has 12 nitrogen and oxygen atoms in total. The molecule has 5 aromatic carbocycles. The Morgan fingerprint density at radius 2 is 1.46 bits per heavy atom. The molecule has 2 fully saturated rings. The van der Waals surface area contributed by atoms with Crippen LogP contribution in [0.4, 0.5) is 11.4 Å². The molecule has 3 heterocycles. The maximum Gasteiger partial charge on any atom is 0.326 e. The fourth-order valence-electron chi connectivity index (χ4n) is 8.88. The molecule has 2 saturated heterocycles. The molecule has 0 radical (unpaired) electrons. The molecule has 2 amide bonds. The van der Waals surface area contributed by atoms with E-state index in [0.717, 1.165) is 103 Å². The lowest BCUT2D eigenvalue weighted by Gasteiger charge is -2.40. The Hall–Kier alpha value is -6.05. The summed E-state index contributed by atoms with van der Waals surface area (Å²) in [7, 11) is 0. The topological polar surface area (TPSA) is 164 Å². The highest BCUT2D eigenvalue weighted by Gasteiger charge is 2.34. The van der Waals surface area contributed by atoms with E-state index >= 15 is 0 Å². The first-order chi connectivity index (χ1) is 30.8. The molecule has 328 valence electrons. The second-order valence-electron chi connectivity index (χ2n) is 16.9. The van der Waals surface area contributed by atoms with E-state index in [9.17, 15) is 19.5 Å². The average molecular weight is 851 g/mol. The number of aliphatic hydroxyl groups is 1. The predicted molar refractivity (Wildman–Crippen MR) is 247 cm³/mol. The first-order valence-electron chi connectivity index (χ1n) is 22.3. The number of benzene rings is 5. The number of aromatic nitrogens is 2. The summed E-state index contributed by atoms with van der Waals surface area (Å²) < 4.78 is 15.4. The lowest BCUT2D eigenvalue weighted by atomic mass is 9.97. The molecule has 63 heavy (non-hydrogen) atoms. The zero-order valence-corrected chi connectivity index (χ0v) is 35.7. The van der Waals surface area contributed by atoms with Crippen LogP contribution in [0.1, 0.15) is 98.5 Å². The number of amides is 2. The number of para-hydroxylation sites is 4. The average Bonchev–Trinajstić information content (AvgIpc) is 3.66. The number of ether oxygens (including phenoxy) is 2. The van der Waals surface area contributed by atoms with Gasteiger partial charge in [0.25, 0.3) is 0 Å². The van der Waals surface area contributed by atoms with Crippen LogP contribution in [0.15, 0.2) is 126 Å². The van der Waals surface area contributed by atoms with E-state index in [-0.39, 0.29) is 42.4 Å². The molecule has 3 atom stereocenters. The van der Waals surface area contributed by atoms with Gasteiger partial charge in [0.05, 0.1) is 41.2 Å². The lowest BCUT2D eigenvalue weighted by Crippen LogP contribution is -2.43. The maximum absolute atomic E-state index is 12.9. The fraction of sp³-hybridized carbons (Fsp3) is 0.353. The number of carbonyl (C=O) groups excluding carboxylic acids is 2. The molecule has 1 aromatic heterocycles. The van der Waals surface area contributed by atoms with Gasteiger partial charge in [-0.25, -0.2) is 4.79 Å². The number of nitrogens with two attached hydrogens (primary N) is 1. The van der Waals surface area contributed by atoms with Gasteiger partial charge in [-0.05, 0) is 89.9 Å². The standard InChI is InChI=1S/C51H58N6O6/c52-43-15-5-6-16-44(43)54-49(60)20-4-2-1-3-19-48(59)53-32-36-11-9-12-38(29-36)39-13-10-14-40(30-39)50-62-42(31-47(63-50)37-23-21-35(34-58)22-24-37)33-56-27-25-41(26-28-56)57-46-18-8-7-17-45(46)55-51(57)61/h5-18,21-24,29-30,41-42,47,50,58H,1-4,19-20,25-28,31-34,52H2,(H,53,59)(H,54,60)(H,55,61)/t42-,47+,50+/m1/s1. The summed E-state index contributed by atoms with van der Waals surface area (Å²) in [6.45, 7) is 2.88. The van der Waals surface area contributed by atoms with Crippen molar-refractivity contribution in [2.45, 2.75) is 95.5 Å². The number of likely N-dealkylation sites (tertiary alicyclic amines) is 1. The molecule has 6 N–H and O–H groups in total. The lowest BCUT2D eigenvalue weighted by molar-refractivity contribution is -0.253. The number of carbonyl (C=O) groups is 2. The van der Waals surface area contributed by atoms with Crippen LogP contribution in [-0.2, 0) is 32.2 Å². The van der Waals surface area contributed by atoms with Gasteiger partial charge in [-0.2, -0.15) is 0 Å². The van der Waals surface area contributed by atoms with Crippen molar-refractivity contribution in [3.8, 4) is 11.1 Å². The van der Waals surface area contributed by atoms with Crippen molar-refractivity contribution in [2.75, 3.05) is 30.7 Å². The molecule has 2 aliphatic rings. The Bertz CT molecular complexity index is 2530. The number of H-pyrrole nitrogens is 1. The quantitative estimate of drug-likeness (QED) is 0.0450. The minimum Gasteiger partial charge on any atom is -0.397 e.